The molecule has 0 unspecified atom stereocenters. The molecule has 0 aliphatic rings. The van der Waals surface area contributed by atoms with Crippen LogP contribution in [0.3, 0.4) is 0 Å². The predicted octanol–water partition coefficient (Wildman–Crippen LogP) is 3.78. The summed E-state index contributed by atoms with van der Waals surface area (Å²) in [6.45, 7) is 4.02. The standard InChI is InChI=1S/C16H19N3O/c1-3-12-7-8-14(10-15(12)17)19-16(20)18-13-6-4-5-11(2)9-13/h4-10H,3,17H2,1-2H3,(H2,18,19,20). The maximum atomic E-state index is 11.9. The zero-order valence-electron chi connectivity index (χ0n) is 11.7. The quantitative estimate of drug-likeness (QED) is 0.742. The molecule has 0 spiro atoms. The zero-order chi connectivity index (χ0) is 14.5. The van der Waals surface area contributed by atoms with Gasteiger partial charge in [-0.05, 0) is 48.7 Å². The summed E-state index contributed by atoms with van der Waals surface area (Å²) >= 11 is 0. The highest BCUT2D eigenvalue weighted by molar-refractivity contribution is 6.00. The van der Waals surface area contributed by atoms with Gasteiger partial charge in [0, 0.05) is 17.1 Å². The first-order valence-electron chi connectivity index (χ1n) is 6.61. The predicted molar refractivity (Wildman–Crippen MR) is 84.1 cm³/mol. The third-order valence-electron chi connectivity index (χ3n) is 3.06. The van der Waals surface area contributed by atoms with Crippen molar-refractivity contribution in [3.8, 4) is 0 Å². The van der Waals surface area contributed by atoms with Gasteiger partial charge in [0.25, 0.3) is 0 Å². The molecule has 2 aromatic rings. The molecule has 0 aliphatic carbocycles. The highest BCUT2D eigenvalue weighted by atomic mass is 16.2. The Morgan fingerprint density at radius 2 is 1.80 bits per heavy atom. The van der Waals surface area contributed by atoms with Crippen LogP contribution in [0.5, 0.6) is 0 Å². The zero-order valence-corrected chi connectivity index (χ0v) is 11.7. The lowest BCUT2D eigenvalue weighted by Gasteiger charge is -2.10. The highest BCUT2D eigenvalue weighted by Crippen LogP contribution is 2.19. The minimum Gasteiger partial charge on any atom is -0.398 e. The van der Waals surface area contributed by atoms with Gasteiger partial charge in [-0.2, -0.15) is 0 Å². The summed E-state index contributed by atoms with van der Waals surface area (Å²) in [5.74, 6) is 0. The first kappa shape index (κ1) is 13.9. The van der Waals surface area contributed by atoms with Crippen LogP contribution in [-0.4, -0.2) is 6.03 Å². The molecule has 20 heavy (non-hydrogen) atoms. The molecule has 0 saturated carbocycles. The maximum absolute atomic E-state index is 11.9. The van der Waals surface area contributed by atoms with E-state index < -0.39 is 0 Å². The molecule has 4 heteroatoms. The molecule has 0 aromatic heterocycles. The normalized spacial score (nSPS) is 10.1. The van der Waals surface area contributed by atoms with Gasteiger partial charge in [0.15, 0.2) is 0 Å². The van der Waals surface area contributed by atoms with Crippen molar-refractivity contribution in [2.45, 2.75) is 20.3 Å². The van der Waals surface area contributed by atoms with Crippen LogP contribution < -0.4 is 16.4 Å². The second-order valence-corrected chi connectivity index (χ2v) is 4.72. The van der Waals surface area contributed by atoms with Crippen molar-refractivity contribution in [2.75, 3.05) is 16.4 Å². The number of hydrogen-bond acceptors (Lipinski definition) is 2. The van der Waals surface area contributed by atoms with E-state index >= 15 is 0 Å². The monoisotopic (exact) mass is 269 g/mol. The number of anilines is 3. The molecule has 4 nitrogen and oxygen atoms in total. The number of urea groups is 1. The Labute approximate surface area is 119 Å². The van der Waals surface area contributed by atoms with Gasteiger partial charge in [0.05, 0.1) is 0 Å². The smallest absolute Gasteiger partial charge is 0.323 e. The second-order valence-electron chi connectivity index (χ2n) is 4.72. The van der Waals surface area contributed by atoms with E-state index in [1.165, 1.54) is 0 Å². The minimum absolute atomic E-state index is 0.278. The molecule has 0 saturated heterocycles. The van der Waals surface area contributed by atoms with E-state index in [0.717, 1.165) is 23.2 Å². The van der Waals surface area contributed by atoms with Gasteiger partial charge in [-0.3, -0.25) is 0 Å². The Hall–Kier alpha value is -2.49. The van der Waals surface area contributed by atoms with Crippen LogP contribution in [0.2, 0.25) is 0 Å². The molecule has 0 aliphatic heterocycles. The SMILES string of the molecule is CCc1ccc(NC(=O)Nc2cccc(C)c2)cc1N. The third-order valence-corrected chi connectivity index (χ3v) is 3.06. The van der Waals surface area contributed by atoms with Crippen LogP contribution in [-0.2, 0) is 6.42 Å². The van der Waals surface area contributed by atoms with Crippen LogP contribution in [0, 0.1) is 6.92 Å². The molecular weight excluding hydrogens is 250 g/mol. The van der Waals surface area contributed by atoms with Crippen molar-refractivity contribution in [1.29, 1.82) is 0 Å². The Morgan fingerprint density at radius 3 is 2.40 bits per heavy atom. The van der Waals surface area contributed by atoms with Gasteiger partial charge in [-0.1, -0.05) is 25.1 Å². The van der Waals surface area contributed by atoms with E-state index in [-0.39, 0.29) is 6.03 Å². The van der Waals surface area contributed by atoms with Gasteiger partial charge < -0.3 is 16.4 Å². The maximum Gasteiger partial charge on any atom is 0.323 e. The minimum atomic E-state index is -0.278. The van der Waals surface area contributed by atoms with Crippen molar-refractivity contribution in [3.05, 3.63) is 53.6 Å². The Bertz CT molecular complexity index is 623. The first-order valence-corrected chi connectivity index (χ1v) is 6.61. The molecule has 0 radical (unpaired) electrons. The molecule has 2 aromatic carbocycles. The van der Waals surface area contributed by atoms with Gasteiger partial charge in [0.1, 0.15) is 0 Å². The Balaban J connectivity index is 2.03. The van der Waals surface area contributed by atoms with E-state index in [0.29, 0.717) is 11.4 Å². The topological polar surface area (TPSA) is 67.2 Å². The van der Waals surface area contributed by atoms with Crippen LogP contribution in [0.15, 0.2) is 42.5 Å². The summed E-state index contributed by atoms with van der Waals surface area (Å²) < 4.78 is 0. The lowest BCUT2D eigenvalue weighted by molar-refractivity contribution is 0.262. The van der Waals surface area contributed by atoms with Gasteiger partial charge in [-0.15, -0.1) is 0 Å². The molecular formula is C16H19N3O. The molecule has 0 fully saturated rings. The number of nitrogens with two attached hydrogens (primary N) is 1. The molecule has 0 heterocycles. The summed E-state index contributed by atoms with van der Waals surface area (Å²) in [5.41, 5.74) is 10.2. The molecule has 0 atom stereocenters. The number of hydrogen-bond donors (Lipinski definition) is 3. The number of nitrogens with one attached hydrogen (secondary N) is 2. The van der Waals surface area contributed by atoms with E-state index in [1.54, 1.807) is 6.07 Å². The number of rotatable bonds is 3. The number of benzene rings is 2. The van der Waals surface area contributed by atoms with Gasteiger partial charge in [-0.25, -0.2) is 4.79 Å². The lowest BCUT2D eigenvalue weighted by atomic mass is 10.1. The van der Waals surface area contributed by atoms with Gasteiger partial charge in [0.2, 0.25) is 0 Å². The van der Waals surface area contributed by atoms with Crippen molar-refractivity contribution in [3.63, 3.8) is 0 Å². The molecule has 4 N–H and O–H groups in total. The lowest BCUT2D eigenvalue weighted by Crippen LogP contribution is -2.19. The van der Waals surface area contributed by atoms with Crippen LogP contribution in [0.4, 0.5) is 21.9 Å². The molecule has 0 bridgehead atoms. The van der Waals surface area contributed by atoms with E-state index in [1.807, 2.05) is 50.2 Å². The van der Waals surface area contributed by atoms with Crippen molar-refractivity contribution < 1.29 is 4.79 Å². The fourth-order valence-electron chi connectivity index (χ4n) is 2.01. The molecule has 2 rings (SSSR count). The van der Waals surface area contributed by atoms with Crippen LogP contribution >= 0.6 is 0 Å². The molecule has 2 amide bonds. The number of nitrogen functional groups attached to an aromatic ring is 1. The van der Waals surface area contributed by atoms with Crippen molar-refractivity contribution >= 4 is 23.1 Å². The van der Waals surface area contributed by atoms with Crippen molar-refractivity contribution in [1.82, 2.24) is 0 Å². The summed E-state index contributed by atoms with van der Waals surface area (Å²) in [4.78, 5) is 11.9. The second kappa shape index (κ2) is 6.10. The van der Waals surface area contributed by atoms with E-state index in [4.69, 9.17) is 5.73 Å². The van der Waals surface area contributed by atoms with E-state index in [9.17, 15) is 4.79 Å². The number of carbonyl (C=O) groups excluding carboxylic acids is 1. The van der Waals surface area contributed by atoms with E-state index in [2.05, 4.69) is 10.6 Å². The summed E-state index contributed by atoms with van der Waals surface area (Å²) in [5, 5.41) is 5.56. The Morgan fingerprint density at radius 1 is 1.10 bits per heavy atom. The average Bonchev–Trinajstić information content (AvgIpc) is 2.38. The fourth-order valence-corrected chi connectivity index (χ4v) is 2.01. The van der Waals surface area contributed by atoms with Gasteiger partial charge >= 0.3 is 6.03 Å². The third kappa shape index (κ3) is 3.51. The number of amides is 2. The van der Waals surface area contributed by atoms with Crippen LogP contribution in [0.1, 0.15) is 18.1 Å². The average molecular weight is 269 g/mol. The summed E-state index contributed by atoms with van der Waals surface area (Å²) in [6, 6.07) is 12.9. The first-order chi connectivity index (χ1) is 9.58. The summed E-state index contributed by atoms with van der Waals surface area (Å²) in [7, 11) is 0. The summed E-state index contributed by atoms with van der Waals surface area (Å²) in [6.07, 6.45) is 0.877. The van der Waals surface area contributed by atoms with Crippen molar-refractivity contribution in [2.24, 2.45) is 0 Å². The largest absolute Gasteiger partial charge is 0.398 e. The van der Waals surface area contributed by atoms with Crippen LogP contribution in [0.25, 0.3) is 0 Å². The Kier molecular flexibility index (Phi) is 4.25. The number of carbonyl (C=O) groups is 1. The molecule has 104 valence electrons. The fraction of sp³-hybridized carbons (Fsp3) is 0.188. The number of aryl methyl sites for hydroxylation is 2. The highest BCUT2D eigenvalue weighted by Gasteiger charge is 2.04.